The van der Waals surface area contributed by atoms with Gasteiger partial charge in [-0.3, -0.25) is 0 Å². The molecule has 1 aromatic carbocycles. The van der Waals surface area contributed by atoms with Crippen molar-refractivity contribution >= 4 is 17.7 Å². The van der Waals surface area contributed by atoms with Gasteiger partial charge in [0.1, 0.15) is 0 Å². The molecule has 0 aliphatic carbocycles. The van der Waals surface area contributed by atoms with Crippen molar-refractivity contribution in [1.82, 2.24) is 5.32 Å². The lowest BCUT2D eigenvalue weighted by Crippen LogP contribution is -2.17. The minimum Gasteiger partial charge on any atom is -0.311 e. The third-order valence-electron chi connectivity index (χ3n) is 2.47. The molecular formula is C12H14ClN. The molecule has 0 saturated carbocycles. The number of hydrogen-bond donors (Lipinski definition) is 1. The predicted molar refractivity (Wildman–Crippen MR) is 61.5 cm³/mol. The SMILES string of the molecule is Clc1cccc(C=CC2CCCN2)c1. The predicted octanol–water partition coefficient (Wildman–Crippen LogP) is 3.11. The van der Waals surface area contributed by atoms with E-state index in [2.05, 4.69) is 23.5 Å². The molecule has 1 N–H and O–H groups in total. The zero-order valence-corrected chi connectivity index (χ0v) is 8.80. The van der Waals surface area contributed by atoms with Crippen LogP contribution in [0.4, 0.5) is 0 Å². The molecule has 0 spiro atoms. The summed E-state index contributed by atoms with van der Waals surface area (Å²) in [5.74, 6) is 0. The maximum absolute atomic E-state index is 5.89. The van der Waals surface area contributed by atoms with Crippen LogP contribution in [0.25, 0.3) is 6.08 Å². The lowest BCUT2D eigenvalue weighted by molar-refractivity contribution is 0.730. The van der Waals surface area contributed by atoms with Crippen LogP contribution in [-0.2, 0) is 0 Å². The lowest BCUT2D eigenvalue weighted by Gasteiger charge is -2.02. The van der Waals surface area contributed by atoms with Crippen LogP contribution < -0.4 is 5.32 Å². The lowest BCUT2D eigenvalue weighted by atomic mass is 10.1. The maximum atomic E-state index is 5.89. The van der Waals surface area contributed by atoms with Crippen molar-refractivity contribution in [3.8, 4) is 0 Å². The average Bonchev–Trinajstić information content (AvgIpc) is 2.67. The van der Waals surface area contributed by atoms with Crippen molar-refractivity contribution in [2.45, 2.75) is 18.9 Å². The molecule has 1 fully saturated rings. The van der Waals surface area contributed by atoms with Gasteiger partial charge in [-0.2, -0.15) is 0 Å². The molecule has 2 heteroatoms. The van der Waals surface area contributed by atoms with E-state index in [4.69, 9.17) is 11.6 Å². The fraction of sp³-hybridized carbons (Fsp3) is 0.333. The Morgan fingerprint density at radius 1 is 1.43 bits per heavy atom. The number of rotatable bonds is 2. The molecule has 0 radical (unpaired) electrons. The molecule has 1 atom stereocenters. The highest BCUT2D eigenvalue weighted by Gasteiger charge is 2.09. The van der Waals surface area contributed by atoms with Crippen LogP contribution in [0.2, 0.25) is 5.02 Å². The van der Waals surface area contributed by atoms with E-state index >= 15 is 0 Å². The van der Waals surface area contributed by atoms with Gasteiger partial charge in [-0.15, -0.1) is 0 Å². The summed E-state index contributed by atoms with van der Waals surface area (Å²) in [6.07, 6.45) is 6.88. The molecule has 14 heavy (non-hydrogen) atoms. The Balaban J connectivity index is 2.02. The first-order valence-corrected chi connectivity index (χ1v) is 5.39. The van der Waals surface area contributed by atoms with Gasteiger partial charge in [-0.05, 0) is 37.1 Å². The van der Waals surface area contributed by atoms with Gasteiger partial charge in [0.2, 0.25) is 0 Å². The molecule has 1 aromatic rings. The number of hydrogen-bond acceptors (Lipinski definition) is 1. The summed E-state index contributed by atoms with van der Waals surface area (Å²) >= 11 is 5.89. The van der Waals surface area contributed by atoms with Crippen LogP contribution in [0.1, 0.15) is 18.4 Å². The van der Waals surface area contributed by atoms with E-state index < -0.39 is 0 Å². The van der Waals surface area contributed by atoms with Crippen LogP contribution >= 0.6 is 11.6 Å². The van der Waals surface area contributed by atoms with Crippen LogP contribution in [0.15, 0.2) is 30.3 Å². The van der Waals surface area contributed by atoms with Gasteiger partial charge in [0.15, 0.2) is 0 Å². The smallest absolute Gasteiger partial charge is 0.0411 e. The van der Waals surface area contributed by atoms with E-state index in [0.717, 1.165) is 11.6 Å². The molecule has 1 saturated heterocycles. The normalized spacial score (nSPS) is 21.9. The van der Waals surface area contributed by atoms with Gasteiger partial charge >= 0.3 is 0 Å². The second-order valence-electron chi connectivity index (χ2n) is 3.62. The molecular weight excluding hydrogens is 194 g/mol. The van der Waals surface area contributed by atoms with Crippen LogP contribution in [-0.4, -0.2) is 12.6 Å². The van der Waals surface area contributed by atoms with Gasteiger partial charge < -0.3 is 5.32 Å². The summed E-state index contributed by atoms with van der Waals surface area (Å²) < 4.78 is 0. The average molecular weight is 208 g/mol. The summed E-state index contributed by atoms with van der Waals surface area (Å²) in [5.41, 5.74) is 1.17. The van der Waals surface area contributed by atoms with Crippen molar-refractivity contribution in [1.29, 1.82) is 0 Å². The Kier molecular flexibility index (Phi) is 3.22. The van der Waals surface area contributed by atoms with E-state index in [0.29, 0.717) is 6.04 Å². The first kappa shape index (κ1) is 9.75. The molecule has 1 unspecified atom stereocenters. The van der Waals surface area contributed by atoms with Crippen LogP contribution in [0.5, 0.6) is 0 Å². The second kappa shape index (κ2) is 4.63. The van der Waals surface area contributed by atoms with E-state index in [-0.39, 0.29) is 0 Å². The molecule has 1 nitrogen and oxygen atoms in total. The summed E-state index contributed by atoms with van der Waals surface area (Å²) in [6, 6.07) is 8.47. The van der Waals surface area contributed by atoms with Crippen LogP contribution in [0.3, 0.4) is 0 Å². The third kappa shape index (κ3) is 2.60. The quantitative estimate of drug-likeness (QED) is 0.786. The first-order chi connectivity index (χ1) is 6.84. The molecule has 2 rings (SSSR count). The Hall–Kier alpha value is -0.790. The van der Waals surface area contributed by atoms with Gasteiger partial charge in [-0.1, -0.05) is 35.9 Å². The molecule has 0 aromatic heterocycles. The largest absolute Gasteiger partial charge is 0.311 e. The Morgan fingerprint density at radius 2 is 2.36 bits per heavy atom. The molecule has 0 bridgehead atoms. The highest BCUT2D eigenvalue weighted by Crippen LogP contribution is 2.13. The fourth-order valence-electron chi connectivity index (χ4n) is 1.71. The molecule has 1 aliphatic heterocycles. The summed E-state index contributed by atoms with van der Waals surface area (Å²) in [7, 11) is 0. The Morgan fingerprint density at radius 3 is 3.07 bits per heavy atom. The molecule has 1 aliphatic rings. The number of nitrogens with one attached hydrogen (secondary N) is 1. The van der Waals surface area contributed by atoms with Crippen molar-refractivity contribution in [2.75, 3.05) is 6.54 Å². The number of halogens is 1. The van der Waals surface area contributed by atoms with Gasteiger partial charge in [0.25, 0.3) is 0 Å². The topological polar surface area (TPSA) is 12.0 Å². The Labute approximate surface area is 89.8 Å². The minimum atomic E-state index is 0.550. The summed E-state index contributed by atoms with van der Waals surface area (Å²) in [4.78, 5) is 0. The van der Waals surface area contributed by atoms with Crippen molar-refractivity contribution < 1.29 is 0 Å². The fourth-order valence-corrected chi connectivity index (χ4v) is 1.91. The minimum absolute atomic E-state index is 0.550. The zero-order chi connectivity index (χ0) is 9.80. The van der Waals surface area contributed by atoms with E-state index in [1.807, 2.05) is 18.2 Å². The standard InChI is InChI=1S/C12H14ClN/c13-11-4-1-3-10(9-11)6-7-12-5-2-8-14-12/h1,3-4,6-7,9,12,14H,2,5,8H2. The molecule has 0 amide bonds. The second-order valence-corrected chi connectivity index (χ2v) is 4.05. The van der Waals surface area contributed by atoms with Crippen molar-refractivity contribution in [3.05, 3.63) is 40.9 Å². The number of benzene rings is 1. The van der Waals surface area contributed by atoms with Gasteiger partial charge in [0.05, 0.1) is 0 Å². The summed E-state index contributed by atoms with van der Waals surface area (Å²) in [5, 5.41) is 4.22. The molecule has 74 valence electrons. The van der Waals surface area contributed by atoms with Crippen molar-refractivity contribution in [3.63, 3.8) is 0 Å². The van der Waals surface area contributed by atoms with Crippen LogP contribution in [0, 0.1) is 0 Å². The van der Waals surface area contributed by atoms with E-state index in [1.165, 1.54) is 18.4 Å². The molecule has 1 heterocycles. The van der Waals surface area contributed by atoms with Gasteiger partial charge in [-0.25, -0.2) is 0 Å². The van der Waals surface area contributed by atoms with E-state index in [1.54, 1.807) is 0 Å². The maximum Gasteiger partial charge on any atom is 0.0411 e. The first-order valence-electron chi connectivity index (χ1n) is 5.02. The van der Waals surface area contributed by atoms with Gasteiger partial charge in [0, 0.05) is 11.1 Å². The highest BCUT2D eigenvalue weighted by atomic mass is 35.5. The van der Waals surface area contributed by atoms with E-state index in [9.17, 15) is 0 Å². The van der Waals surface area contributed by atoms with Crippen molar-refractivity contribution in [2.24, 2.45) is 0 Å². The summed E-state index contributed by atoms with van der Waals surface area (Å²) in [6.45, 7) is 1.14. The zero-order valence-electron chi connectivity index (χ0n) is 8.04. The monoisotopic (exact) mass is 207 g/mol. The highest BCUT2D eigenvalue weighted by molar-refractivity contribution is 6.30. The third-order valence-corrected chi connectivity index (χ3v) is 2.70. The Bertz CT molecular complexity index is 327.